The molecule has 114 valence electrons. The van der Waals surface area contributed by atoms with Crippen molar-refractivity contribution in [3.05, 3.63) is 24.3 Å². The first-order valence-electron chi connectivity index (χ1n) is 6.58. The molecule has 1 amide bonds. The summed E-state index contributed by atoms with van der Waals surface area (Å²) in [6.45, 7) is 0.976. The fourth-order valence-electron chi connectivity index (χ4n) is 2.11. The van der Waals surface area contributed by atoms with Crippen LogP contribution in [0.15, 0.2) is 24.3 Å². The molecular formula is C14H18N2O5. The number of anilines is 1. The van der Waals surface area contributed by atoms with Crippen LogP contribution >= 0.6 is 0 Å². The second kappa shape index (κ2) is 7.05. The summed E-state index contributed by atoms with van der Waals surface area (Å²) in [5, 5.41) is 11.8. The number of methoxy groups -OCH3 is 1. The molecule has 1 fully saturated rings. The molecule has 21 heavy (non-hydrogen) atoms. The molecule has 0 spiro atoms. The topological polar surface area (TPSA) is 88.1 Å². The van der Waals surface area contributed by atoms with Crippen LogP contribution in [0.4, 0.5) is 5.69 Å². The van der Waals surface area contributed by atoms with E-state index in [-0.39, 0.29) is 19.1 Å². The number of nitrogens with zero attached hydrogens (tertiary/aromatic N) is 1. The SMILES string of the molecule is COc1ccc(NC(=O)CN2CCOCC2C(=O)O)cc1. The Balaban J connectivity index is 1.92. The van der Waals surface area contributed by atoms with Crippen LogP contribution in [0.25, 0.3) is 0 Å². The molecule has 1 heterocycles. The maximum atomic E-state index is 12.0. The highest BCUT2D eigenvalue weighted by molar-refractivity contribution is 5.92. The van der Waals surface area contributed by atoms with E-state index in [0.717, 1.165) is 0 Å². The molecule has 0 radical (unpaired) electrons. The molecule has 2 rings (SSSR count). The van der Waals surface area contributed by atoms with Crippen molar-refractivity contribution in [2.75, 3.05) is 38.7 Å². The number of amides is 1. The Morgan fingerprint density at radius 2 is 2.14 bits per heavy atom. The van der Waals surface area contributed by atoms with Crippen molar-refractivity contribution in [1.82, 2.24) is 4.90 Å². The van der Waals surface area contributed by atoms with Crippen LogP contribution in [0.3, 0.4) is 0 Å². The first-order chi connectivity index (χ1) is 10.1. The highest BCUT2D eigenvalue weighted by atomic mass is 16.5. The maximum absolute atomic E-state index is 12.0. The number of aliphatic carboxylic acids is 1. The van der Waals surface area contributed by atoms with E-state index in [1.165, 1.54) is 0 Å². The average molecular weight is 294 g/mol. The van der Waals surface area contributed by atoms with E-state index in [1.54, 1.807) is 36.3 Å². The van der Waals surface area contributed by atoms with Gasteiger partial charge in [0, 0.05) is 12.2 Å². The molecule has 1 atom stereocenters. The molecule has 1 saturated heterocycles. The Morgan fingerprint density at radius 1 is 1.43 bits per heavy atom. The average Bonchev–Trinajstić information content (AvgIpc) is 2.48. The summed E-state index contributed by atoms with van der Waals surface area (Å²) in [4.78, 5) is 24.7. The van der Waals surface area contributed by atoms with E-state index in [4.69, 9.17) is 14.6 Å². The van der Waals surface area contributed by atoms with Crippen LogP contribution in [0.5, 0.6) is 5.75 Å². The Morgan fingerprint density at radius 3 is 2.76 bits per heavy atom. The Bertz CT molecular complexity index is 503. The third-order valence-corrected chi connectivity index (χ3v) is 3.24. The number of benzene rings is 1. The predicted octanol–water partition coefficient (Wildman–Crippen LogP) is 0.419. The number of ether oxygens (including phenoxy) is 2. The number of carbonyl (C=O) groups is 2. The molecule has 1 aromatic carbocycles. The smallest absolute Gasteiger partial charge is 0.323 e. The summed E-state index contributed by atoms with van der Waals surface area (Å²) >= 11 is 0. The number of nitrogens with one attached hydrogen (secondary N) is 1. The zero-order valence-corrected chi connectivity index (χ0v) is 11.7. The van der Waals surface area contributed by atoms with Gasteiger partial charge in [-0.25, -0.2) is 0 Å². The number of carbonyl (C=O) groups excluding carboxylic acids is 1. The first-order valence-corrected chi connectivity index (χ1v) is 6.58. The van der Waals surface area contributed by atoms with Gasteiger partial charge in [0.05, 0.1) is 26.9 Å². The first kappa shape index (κ1) is 15.3. The lowest BCUT2D eigenvalue weighted by atomic mass is 10.2. The van der Waals surface area contributed by atoms with E-state index < -0.39 is 12.0 Å². The summed E-state index contributed by atoms with van der Waals surface area (Å²) in [6.07, 6.45) is 0. The summed E-state index contributed by atoms with van der Waals surface area (Å²) in [6, 6.07) is 6.16. The second-order valence-electron chi connectivity index (χ2n) is 4.68. The molecule has 0 saturated carbocycles. The van der Waals surface area contributed by atoms with Gasteiger partial charge in [0.25, 0.3) is 0 Å². The van der Waals surface area contributed by atoms with Gasteiger partial charge < -0.3 is 19.9 Å². The molecule has 2 N–H and O–H groups in total. The number of carboxylic acid groups (broad SMARTS) is 1. The Labute approximate surface area is 122 Å². The molecule has 7 nitrogen and oxygen atoms in total. The highest BCUT2D eigenvalue weighted by Crippen LogP contribution is 2.15. The zero-order chi connectivity index (χ0) is 15.2. The van der Waals surface area contributed by atoms with E-state index in [0.29, 0.717) is 24.6 Å². The van der Waals surface area contributed by atoms with Crippen LogP contribution in [-0.4, -0.2) is 61.3 Å². The van der Waals surface area contributed by atoms with Crippen molar-refractivity contribution < 1.29 is 24.2 Å². The lowest BCUT2D eigenvalue weighted by molar-refractivity contribution is -0.150. The van der Waals surface area contributed by atoms with Gasteiger partial charge in [0.15, 0.2) is 0 Å². The van der Waals surface area contributed by atoms with Crippen molar-refractivity contribution >= 4 is 17.6 Å². The number of rotatable bonds is 5. The van der Waals surface area contributed by atoms with Crippen LogP contribution < -0.4 is 10.1 Å². The molecule has 0 aliphatic carbocycles. The number of hydrogen-bond donors (Lipinski definition) is 2. The van der Waals surface area contributed by atoms with Crippen LogP contribution in [0.2, 0.25) is 0 Å². The van der Waals surface area contributed by atoms with Crippen LogP contribution in [0.1, 0.15) is 0 Å². The predicted molar refractivity (Wildman–Crippen MR) is 75.4 cm³/mol. The molecule has 1 aliphatic heterocycles. The van der Waals surface area contributed by atoms with Gasteiger partial charge in [-0.3, -0.25) is 14.5 Å². The minimum Gasteiger partial charge on any atom is -0.497 e. The summed E-state index contributed by atoms with van der Waals surface area (Å²) in [5.41, 5.74) is 0.640. The lowest BCUT2D eigenvalue weighted by Gasteiger charge is -2.32. The van der Waals surface area contributed by atoms with Gasteiger partial charge in [0.1, 0.15) is 11.8 Å². The molecule has 0 aromatic heterocycles. The molecular weight excluding hydrogens is 276 g/mol. The normalized spacial score (nSPS) is 19.0. The van der Waals surface area contributed by atoms with Crippen LogP contribution in [0, 0.1) is 0 Å². The van der Waals surface area contributed by atoms with Gasteiger partial charge in [-0.2, -0.15) is 0 Å². The van der Waals surface area contributed by atoms with Gasteiger partial charge in [-0.05, 0) is 24.3 Å². The fourth-order valence-corrected chi connectivity index (χ4v) is 2.11. The molecule has 1 unspecified atom stereocenters. The summed E-state index contributed by atoms with van der Waals surface area (Å²) in [5.74, 6) is -0.535. The van der Waals surface area contributed by atoms with Gasteiger partial charge in [0.2, 0.25) is 5.91 Å². The number of carboxylic acids is 1. The summed E-state index contributed by atoms with van der Waals surface area (Å²) in [7, 11) is 1.57. The monoisotopic (exact) mass is 294 g/mol. The quantitative estimate of drug-likeness (QED) is 0.818. The Hall–Kier alpha value is -2.12. The third-order valence-electron chi connectivity index (χ3n) is 3.24. The highest BCUT2D eigenvalue weighted by Gasteiger charge is 2.30. The third kappa shape index (κ3) is 4.17. The van der Waals surface area contributed by atoms with Crippen molar-refractivity contribution in [2.24, 2.45) is 0 Å². The maximum Gasteiger partial charge on any atom is 0.323 e. The number of morpholine rings is 1. The minimum atomic E-state index is -0.980. The Kier molecular flexibility index (Phi) is 5.13. The van der Waals surface area contributed by atoms with Gasteiger partial charge in [-0.1, -0.05) is 0 Å². The largest absolute Gasteiger partial charge is 0.497 e. The van der Waals surface area contributed by atoms with Gasteiger partial charge >= 0.3 is 5.97 Å². The molecule has 1 aliphatic rings. The van der Waals surface area contributed by atoms with Crippen molar-refractivity contribution in [3.8, 4) is 5.75 Å². The number of hydrogen-bond acceptors (Lipinski definition) is 5. The minimum absolute atomic E-state index is 0.0202. The van der Waals surface area contributed by atoms with E-state index in [2.05, 4.69) is 5.32 Å². The zero-order valence-electron chi connectivity index (χ0n) is 11.7. The lowest BCUT2D eigenvalue weighted by Crippen LogP contribution is -2.52. The second-order valence-corrected chi connectivity index (χ2v) is 4.68. The summed E-state index contributed by atoms with van der Waals surface area (Å²) < 4.78 is 10.2. The van der Waals surface area contributed by atoms with Gasteiger partial charge in [-0.15, -0.1) is 0 Å². The van der Waals surface area contributed by atoms with Crippen molar-refractivity contribution in [3.63, 3.8) is 0 Å². The van der Waals surface area contributed by atoms with Crippen molar-refractivity contribution in [1.29, 1.82) is 0 Å². The molecule has 7 heteroatoms. The molecule has 0 bridgehead atoms. The van der Waals surface area contributed by atoms with E-state index >= 15 is 0 Å². The fraction of sp³-hybridized carbons (Fsp3) is 0.429. The van der Waals surface area contributed by atoms with Crippen molar-refractivity contribution in [2.45, 2.75) is 6.04 Å². The molecule has 1 aromatic rings. The van der Waals surface area contributed by atoms with Crippen LogP contribution in [-0.2, 0) is 14.3 Å². The van der Waals surface area contributed by atoms with E-state index in [9.17, 15) is 9.59 Å². The standard InChI is InChI=1S/C14H18N2O5/c1-20-11-4-2-10(3-5-11)15-13(17)8-16-6-7-21-9-12(16)14(18)19/h2-5,12H,6-9H2,1H3,(H,15,17)(H,18,19). The van der Waals surface area contributed by atoms with E-state index in [1.807, 2.05) is 0 Å².